The molecule has 0 aliphatic carbocycles. The van der Waals surface area contributed by atoms with Crippen molar-refractivity contribution >= 4 is 11.6 Å². The van der Waals surface area contributed by atoms with Gasteiger partial charge in [-0.2, -0.15) is 0 Å². The summed E-state index contributed by atoms with van der Waals surface area (Å²) >= 11 is 0. The molecule has 0 saturated carbocycles. The van der Waals surface area contributed by atoms with Crippen molar-refractivity contribution in [1.29, 1.82) is 0 Å². The minimum absolute atomic E-state index is 0.0316. The van der Waals surface area contributed by atoms with Gasteiger partial charge in [-0.1, -0.05) is 0 Å². The van der Waals surface area contributed by atoms with Gasteiger partial charge in [-0.05, 0) is 44.0 Å². The normalized spacial score (nSPS) is 10.3. The third kappa shape index (κ3) is 3.23. The van der Waals surface area contributed by atoms with E-state index < -0.39 is 0 Å². The fourth-order valence-electron chi connectivity index (χ4n) is 1.87. The summed E-state index contributed by atoms with van der Waals surface area (Å²) in [5.41, 5.74) is 8.38. The Morgan fingerprint density at radius 1 is 1.33 bits per heavy atom. The zero-order valence-electron chi connectivity index (χ0n) is 11.6. The standard InChI is InChI=1S/C14H22N2O2/c1-5-18-13-9-10(2)12(8-11(13)3)16(4)14(17)6-7-15/h8-9H,5-7,15H2,1-4H3. The van der Waals surface area contributed by atoms with Crippen LogP contribution >= 0.6 is 0 Å². The molecule has 4 nitrogen and oxygen atoms in total. The molecule has 0 radical (unpaired) electrons. The largest absolute Gasteiger partial charge is 0.494 e. The maximum absolute atomic E-state index is 11.8. The highest BCUT2D eigenvalue weighted by molar-refractivity contribution is 5.93. The molecule has 1 rings (SSSR count). The molecule has 0 aliphatic heterocycles. The highest BCUT2D eigenvalue weighted by Crippen LogP contribution is 2.28. The van der Waals surface area contributed by atoms with E-state index >= 15 is 0 Å². The molecule has 4 heteroatoms. The predicted molar refractivity (Wildman–Crippen MR) is 74.2 cm³/mol. The lowest BCUT2D eigenvalue weighted by Crippen LogP contribution is -2.28. The Labute approximate surface area is 109 Å². The zero-order valence-corrected chi connectivity index (χ0v) is 11.6. The molecule has 0 atom stereocenters. The van der Waals surface area contributed by atoms with Crippen LogP contribution in [0.4, 0.5) is 5.69 Å². The Morgan fingerprint density at radius 2 is 2.00 bits per heavy atom. The van der Waals surface area contributed by atoms with E-state index in [1.807, 2.05) is 32.9 Å². The molecule has 1 aromatic carbocycles. The summed E-state index contributed by atoms with van der Waals surface area (Å²) in [6, 6.07) is 3.95. The smallest absolute Gasteiger partial charge is 0.227 e. The van der Waals surface area contributed by atoms with Crippen molar-refractivity contribution in [2.45, 2.75) is 27.2 Å². The first kappa shape index (κ1) is 14.5. The van der Waals surface area contributed by atoms with Crippen LogP contribution in [0.1, 0.15) is 24.5 Å². The second-order valence-corrected chi connectivity index (χ2v) is 4.33. The lowest BCUT2D eigenvalue weighted by atomic mass is 10.1. The Kier molecular flexibility index (Phi) is 5.16. The van der Waals surface area contributed by atoms with E-state index in [1.165, 1.54) is 0 Å². The third-order valence-electron chi connectivity index (χ3n) is 2.89. The number of hydrogen-bond acceptors (Lipinski definition) is 3. The molecule has 0 bridgehead atoms. The van der Waals surface area contributed by atoms with Crippen LogP contribution in [0.25, 0.3) is 0 Å². The summed E-state index contributed by atoms with van der Waals surface area (Å²) in [5, 5.41) is 0. The van der Waals surface area contributed by atoms with Gasteiger partial charge in [-0.15, -0.1) is 0 Å². The fourth-order valence-corrected chi connectivity index (χ4v) is 1.87. The topological polar surface area (TPSA) is 55.6 Å². The number of ether oxygens (including phenoxy) is 1. The summed E-state index contributed by atoms with van der Waals surface area (Å²) in [6.07, 6.45) is 0.363. The molecule has 0 spiro atoms. The van der Waals surface area contributed by atoms with Gasteiger partial charge in [-0.3, -0.25) is 4.79 Å². The molecule has 0 fully saturated rings. The fraction of sp³-hybridized carbons (Fsp3) is 0.500. The van der Waals surface area contributed by atoms with Gasteiger partial charge in [0.15, 0.2) is 0 Å². The summed E-state index contributed by atoms with van der Waals surface area (Å²) in [6.45, 7) is 6.93. The van der Waals surface area contributed by atoms with Crippen molar-refractivity contribution in [3.63, 3.8) is 0 Å². The van der Waals surface area contributed by atoms with E-state index in [2.05, 4.69) is 0 Å². The minimum atomic E-state index is 0.0316. The second-order valence-electron chi connectivity index (χ2n) is 4.33. The molecule has 0 aromatic heterocycles. The predicted octanol–water partition coefficient (Wildman–Crippen LogP) is 2.01. The molecule has 0 aliphatic rings. The van der Waals surface area contributed by atoms with Crippen molar-refractivity contribution in [2.24, 2.45) is 5.73 Å². The molecule has 1 amide bonds. The van der Waals surface area contributed by atoms with Gasteiger partial charge < -0.3 is 15.4 Å². The average Bonchev–Trinajstić information content (AvgIpc) is 2.33. The molecule has 0 unspecified atom stereocenters. The molecular weight excluding hydrogens is 228 g/mol. The maximum Gasteiger partial charge on any atom is 0.227 e. The van der Waals surface area contributed by atoms with Crippen LogP contribution in [-0.2, 0) is 4.79 Å². The van der Waals surface area contributed by atoms with Crippen LogP contribution < -0.4 is 15.4 Å². The number of aryl methyl sites for hydroxylation is 2. The van der Waals surface area contributed by atoms with Crippen LogP contribution in [0.2, 0.25) is 0 Å². The Hall–Kier alpha value is -1.55. The van der Waals surface area contributed by atoms with Gasteiger partial charge in [-0.25, -0.2) is 0 Å². The van der Waals surface area contributed by atoms with E-state index in [4.69, 9.17) is 10.5 Å². The average molecular weight is 250 g/mol. The molecule has 1 aromatic rings. The highest BCUT2D eigenvalue weighted by Gasteiger charge is 2.14. The highest BCUT2D eigenvalue weighted by atomic mass is 16.5. The number of benzene rings is 1. The van der Waals surface area contributed by atoms with E-state index in [9.17, 15) is 4.79 Å². The van der Waals surface area contributed by atoms with Crippen molar-refractivity contribution in [3.05, 3.63) is 23.3 Å². The molecule has 18 heavy (non-hydrogen) atoms. The number of anilines is 1. The van der Waals surface area contributed by atoms with Gasteiger partial charge in [0.05, 0.1) is 6.61 Å². The summed E-state index contributed by atoms with van der Waals surface area (Å²) < 4.78 is 5.54. The Balaban J connectivity index is 3.03. The van der Waals surface area contributed by atoms with Crippen LogP contribution in [0.3, 0.4) is 0 Å². The number of nitrogens with zero attached hydrogens (tertiary/aromatic N) is 1. The van der Waals surface area contributed by atoms with Crippen molar-refractivity contribution in [2.75, 3.05) is 25.1 Å². The monoisotopic (exact) mass is 250 g/mol. The number of hydrogen-bond donors (Lipinski definition) is 1. The lowest BCUT2D eigenvalue weighted by Gasteiger charge is -2.21. The summed E-state index contributed by atoms with van der Waals surface area (Å²) in [4.78, 5) is 13.5. The Morgan fingerprint density at radius 3 is 2.56 bits per heavy atom. The first-order valence-corrected chi connectivity index (χ1v) is 6.21. The van der Waals surface area contributed by atoms with Crippen molar-refractivity contribution in [3.8, 4) is 5.75 Å². The number of nitrogens with two attached hydrogens (primary N) is 1. The third-order valence-corrected chi connectivity index (χ3v) is 2.89. The van der Waals surface area contributed by atoms with Gasteiger partial charge in [0, 0.05) is 25.7 Å². The SMILES string of the molecule is CCOc1cc(C)c(N(C)C(=O)CCN)cc1C. The van der Waals surface area contributed by atoms with E-state index in [-0.39, 0.29) is 5.91 Å². The van der Waals surface area contributed by atoms with Crippen LogP contribution in [0.5, 0.6) is 5.75 Å². The van der Waals surface area contributed by atoms with Gasteiger partial charge in [0.1, 0.15) is 5.75 Å². The van der Waals surface area contributed by atoms with Gasteiger partial charge in [0.25, 0.3) is 0 Å². The molecular formula is C14H22N2O2. The molecule has 0 heterocycles. The van der Waals surface area contributed by atoms with Crippen LogP contribution in [-0.4, -0.2) is 26.1 Å². The maximum atomic E-state index is 11.8. The van der Waals surface area contributed by atoms with E-state index in [0.29, 0.717) is 19.6 Å². The molecule has 0 saturated heterocycles. The van der Waals surface area contributed by atoms with Gasteiger partial charge >= 0.3 is 0 Å². The quantitative estimate of drug-likeness (QED) is 0.869. The van der Waals surface area contributed by atoms with E-state index in [1.54, 1.807) is 11.9 Å². The van der Waals surface area contributed by atoms with Crippen molar-refractivity contribution < 1.29 is 9.53 Å². The molecule has 100 valence electrons. The second kappa shape index (κ2) is 6.40. The van der Waals surface area contributed by atoms with E-state index in [0.717, 1.165) is 22.6 Å². The number of carbonyl (C=O) groups is 1. The Bertz CT molecular complexity index is 430. The van der Waals surface area contributed by atoms with Crippen molar-refractivity contribution in [1.82, 2.24) is 0 Å². The zero-order chi connectivity index (χ0) is 13.7. The first-order chi connectivity index (χ1) is 8.51. The summed E-state index contributed by atoms with van der Waals surface area (Å²) in [5.74, 6) is 0.905. The van der Waals surface area contributed by atoms with Gasteiger partial charge in [0.2, 0.25) is 5.91 Å². The summed E-state index contributed by atoms with van der Waals surface area (Å²) in [7, 11) is 1.78. The van der Waals surface area contributed by atoms with Crippen LogP contribution in [0, 0.1) is 13.8 Å². The number of carbonyl (C=O) groups excluding carboxylic acids is 1. The molecule has 2 N–H and O–H groups in total. The first-order valence-electron chi connectivity index (χ1n) is 6.21. The minimum Gasteiger partial charge on any atom is -0.494 e. The number of rotatable bonds is 5. The lowest BCUT2D eigenvalue weighted by molar-refractivity contribution is -0.118. The number of amides is 1. The van der Waals surface area contributed by atoms with Crippen LogP contribution in [0.15, 0.2) is 12.1 Å².